The second-order valence-corrected chi connectivity index (χ2v) is 12.2. The maximum atomic E-state index is 12.9. The molecule has 3 aliphatic rings. The second-order valence-electron chi connectivity index (χ2n) is 11.3. The molecule has 2 aromatic rings. The molecule has 0 radical (unpaired) electrons. The average molecular weight is 563 g/mol. The van der Waals surface area contributed by atoms with Crippen LogP contribution in [0.3, 0.4) is 0 Å². The Morgan fingerprint density at radius 1 is 1.18 bits per heavy atom. The number of carbonyl (C=O) groups excluding carboxylic acids is 2. The molecule has 1 saturated carbocycles. The molecule has 2 aliphatic carbocycles. The first-order chi connectivity index (χ1) is 18.3. The first-order valence-electron chi connectivity index (χ1n) is 13.9. The van der Waals surface area contributed by atoms with Gasteiger partial charge in [-0.05, 0) is 68.4 Å². The second kappa shape index (κ2) is 11.8. The smallest absolute Gasteiger partial charge is 0.317 e. The molecule has 8 nitrogen and oxygen atoms in total. The third kappa shape index (κ3) is 5.97. The zero-order chi connectivity index (χ0) is 26.8. The van der Waals surface area contributed by atoms with Crippen molar-refractivity contribution in [3.63, 3.8) is 0 Å². The number of aromatic amines is 1. The molecule has 3 amide bonds. The van der Waals surface area contributed by atoms with Gasteiger partial charge in [-0.25, -0.2) is 4.79 Å². The van der Waals surface area contributed by atoms with Gasteiger partial charge in [-0.3, -0.25) is 9.78 Å². The fraction of sp³-hybridized carbons (Fsp3) is 0.607. The van der Waals surface area contributed by atoms with E-state index in [1.807, 2.05) is 23.4 Å². The molecule has 5 rings (SSSR count). The average Bonchev–Trinajstić information content (AvgIpc) is 3.35. The minimum atomic E-state index is -0.368. The van der Waals surface area contributed by atoms with E-state index in [1.54, 1.807) is 0 Å². The molecular formula is C28H39Cl2N6O2+. The zero-order valence-corrected chi connectivity index (χ0v) is 23.5. The van der Waals surface area contributed by atoms with E-state index in [-0.39, 0.29) is 41.9 Å². The molecular weight excluding hydrogens is 523 g/mol. The summed E-state index contributed by atoms with van der Waals surface area (Å²) >= 11 is 11.7. The van der Waals surface area contributed by atoms with Crippen molar-refractivity contribution in [2.75, 3.05) is 13.1 Å². The zero-order valence-electron chi connectivity index (χ0n) is 21.9. The maximum Gasteiger partial charge on any atom is 0.317 e. The molecule has 0 spiro atoms. The Bertz CT molecular complexity index is 1180. The largest absolute Gasteiger partial charge is 0.368 e. The number of nitrogens with zero attached hydrogens (tertiary/aromatic N) is 2. The molecule has 38 heavy (non-hydrogen) atoms. The Balaban J connectivity index is 1.10. The van der Waals surface area contributed by atoms with E-state index in [0.717, 1.165) is 55.5 Å². The van der Waals surface area contributed by atoms with E-state index >= 15 is 0 Å². The van der Waals surface area contributed by atoms with Crippen molar-refractivity contribution >= 4 is 34.4 Å². The van der Waals surface area contributed by atoms with Gasteiger partial charge in [0.15, 0.2) is 0 Å². The van der Waals surface area contributed by atoms with Crippen molar-refractivity contribution in [2.24, 2.45) is 17.6 Å². The van der Waals surface area contributed by atoms with Gasteiger partial charge in [-0.15, -0.1) is 0 Å². The predicted molar refractivity (Wildman–Crippen MR) is 146 cm³/mol. The summed E-state index contributed by atoms with van der Waals surface area (Å²) in [5.74, 6) is 0.521. The molecule has 206 valence electrons. The summed E-state index contributed by atoms with van der Waals surface area (Å²) in [5, 5.41) is 9.45. The highest BCUT2D eigenvalue weighted by Gasteiger charge is 2.36. The third-order valence-electron chi connectivity index (χ3n) is 8.81. The molecule has 1 saturated heterocycles. The number of halogens is 2. The number of nitrogens with one attached hydrogen (secondary N) is 3. The van der Waals surface area contributed by atoms with Gasteiger partial charge in [-0.1, -0.05) is 18.5 Å². The maximum absolute atomic E-state index is 12.9. The van der Waals surface area contributed by atoms with Gasteiger partial charge in [0.2, 0.25) is 10.9 Å². The predicted octanol–water partition coefficient (Wildman–Crippen LogP) is 3.98. The van der Waals surface area contributed by atoms with Crippen molar-refractivity contribution in [2.45, 2.75) is 82.3 Å². The van der Waals surface area contributed by atoms with Crippen molar-refractivity contribution in [1.82, 2.24) is 25.5 Å². The number of urea groups is 1. The van der Waals surface area contributed by atoms with Crippen LogP contribution in [0.4, 0.5) is 4.79 Å². The molecule has 1 aliphatic heterocycles. The van der Waals surface area contributed by atoms with Crippen LogP contribution in [0.5, 0.6) is 0 Å². The van der Waals surface area contributed by atoms with Crippen LogP contribution >= 0.6 is 11.6 Å². The number of H-pyrrole nitrogens is 1. The number of allylic oxidation sites excluding steroid dienone is 1. The molecule has 10 heteroatoms. The third-order valence-corrected chi connectivity index (χ3v) is 9.93. The van der Waals surface area contributed by atoms with E-state index in [9.17, 15) is 9.59 Å². The number of carbonyl (C=O) groups is 2. The van der Waals surface area contributed by atoms with Crippen LogP contribution in [0, 0.1) is 23.4 Å². The Morgan fingerprint density at radius 2 is 1.92 bits per heavy atom. The van der Waals surface area contributed by atoms with E-state index in [4.69, 9.17) is 28.9 Å². The number of pyridine rings is 1. The van der Waals surface area contributed by atoms with Gasteiger partial charge in [0.25, 0.3) is 0 Å². The van der Waals surface area contributed by atoms with Crippen LogP contribution in [0.15, 0.2) is 34.7 Å². The number of hydrogen-bond acceptors (Lipinski definition) is 4. The highest BCUT2D eigenvalue weighted by atomic mass is 35.5. The van der Waals surface area contributed by atoms with Crippen LogP contribution in [-0.4, -0.2) is 58.0 Å². The topological polar surface area (TPSA) is 116 Å². The number of amides is 3. The van der Waals surface area contributed by atoms with Gasteiger partial charge < -0.3 is 26.3 Å². The first kappa shape index (κ1) is 27.3. The lowest BCUT2D eigenvalue weighted by Crippen LogP contribution is -2.55. The lowest BCUT2D eigenvalue weighted by atomic mass is 9.80. The number of fused-ring (bicyclic) bond motifs is 1. The summed E-state index contributed by atoms with van der Waals surface area (Å²) in [6.45, 7) is 3.28. The summed E-state index contributed by atoms with van der Waals surface area (Å²) in [6, 6.07) is 1.86. The minimum absolute atomic E-state index is 0.00473. The van der Waals surface area contributed by atoms with Crippen LogP contribution in [0.2, 0.25) is 0 Å². The Hall–Kier alpha value is -2.29. The first-order valence-corrected chi connectivity index (χ1v) is 14.7. The molecule has 0 aromatic carbocycles. The van der Waals surface area contributed by atoms with Crippen molar-refractivity contribution < 1.29 is 21.2 Å². The SMILES string of the molecule is CC1CC(NC(=O)N2CCC(C(NC3CCC(c4c[nH]c5ccncc45)CC3)C(N)=O)CC2)CC(Cl)=C1[ClH+]. The lowest BCUT2D eigenvalue weighted by molar-refractivity contribution is -0.317. The number of piperidine rings is 1. The Labute approximate surface area is 234 Å². The van der Waals surface area contributed by atoms with Crippen LogP contribution in [0.1, 0.15) is 69.8 Å². The van der Waals surface area contributed by atoms with Crippen molar-refractivity contribution in [3.05, 3.63) is 40.3 Å². The summed E-state index contributed by atoms with van der Waals surface area (Å²) in [4.78, 5) is 34.9. The Morgan fingerprint density at radius 3 is 2.61 bits per heavy atom. The number of hydrogen-bond donors (Lipinski definition) is 4. The standard InChI is InChI=1S/C28H38Cl2N6O2/c1-16-12-20(13-23(29)25(16)30)35-28(38)36-10-7-18(8-11-36)26(27(31)37)34-19-4-2-17(3-5-19)21-15-33-24-6-9-32-14-22(21)24/h6,9,14-20,26,30,34H,2-5,7-8,10-13H2,1H3,(H3-,31,32,33,35,37,38)/p+1. The highest BCUT2D eigenvalue weighted by molar-refractivity contribution is 6.29. The number of likely N-dealkylation sites (tertiary alicyclic amines) is 1. The molecule has 3 atom stereocenters. The van der Waals surface area contributed by atoms with Crippen LogP contribution < -0.4 is 16.4 Å². The van der Waals surface area contributed by atoms with Crippen molar-refractivity contribution in [3.8, 4) is 0 Å². The van der Waals surface area contributed by atoms with Crippen LogP contribution in [-0.2, 0) is 4.79 Å². The summed E-state index contributed by atoms with van der Waals surface area (Å²) in [7, 11) is 0. The number of rotatable bonds is 6. The van der Waals surface area contributed by atoms with E-state index in [0.29, 0.717) is 30.5 Å². The van der Waals surface area contributed by atoms with Gasteiger partial charge in [0.1, 0.15) is 11.6 Å². The van der Waals surface area contributed by atoms with E-state index in [2.05, 4.69) is 33.7 Å². The van der Waals surface area contributed by atoms with Gasteiger partial charge in [-0.2, -0.15) is 0 Å². The van der Waals surface area contributed by atoms with Gasteiger partial charge in [0, 0.05) is 67.0 Å². The highest BCUT2D eigenvalue weighted by Crippen LogP contribution is 2.37. The normalized spacial score (nSPS) is 27.9. The molecule has 3 unspecified atom stereocenters. The lowest BCUT2D eigenvalue weighted by Gasteiger charge is -2.38. The summed E-state index contributed by atoms with van der Waals surface area (Å²) in [6.07, 6.45) is 12.9. The fourth-order valence-electron chi connectivity index (χ4n) is 6.61. The number of aromatic nitrogens is 2. The van der Waals surface area contributed by atoms with Gasteiger partial charge >= 0.3 is 6.03 Å². The molecule has 2 fully saturated rings. The quantitative estimate of drug-likeness (QED) is 0.426. The molecule has 5 N–H and O–H groups in total. The minimum Gasteiger partial charge on any atom is -0.368 e. The van der Waals surface area contributed by atoms with Gasteiger partial charge in [0.05, 0.1) is 11.1 Å². The van der Waals surface area contributed by atoms with E-state index in [1.165, 1.54) is 10.9 Å². The van der Waals surface area contributed by atoms with Crippen LogP contribution in [0.25, 0.3) is 10.9 Å². The molecule has 2 aromatic heterocycles. The van der Waals surface area contributed by atoms with Crippen molar-refractivity contribution in [1.29, 1.82) is 0 Å². The molecule has 3 heterocycles. The summed E-state index contributed by atoms with van der Waals surface area (Å²) < 4.78 is 0. The Kier molecular flexibility index (Phi) is 8.50. The van der Waals surface area contributed by atoms with E-state index < -0.39 is 0 Å². The number of nitrogens with two attached hydrogens (primary N) is 1. The molecule has 0 bridgehead atoms. The number of primary amides is 1. The monoisotopic (exact) mass is 561 g/mol. The summed E-state index contributed by atoms with van der Waals surface area (Å²) in [5.41, 5.74) is 8.35. The fourth-order valence-corrected chi connectivity index (χ4v) is 7.16.